The smallest absolute Gasteiger partial charge is 0.199 e. The topological polar surface area (TPSA) is 46.5 Å². The lowest BCUT2D eigenvalue weighted by atomic mass is 10.1. The maximum absolute atomic E-state index is 12.1. The van der Waals surface area contributed by atoms with E-state index >= 15 is 0 Å². The number of aryl methyl sites for hydroxylation is 2. The lowest BCUT2D eigenvalue weighted by Crippen LogP contribution is -1.99. The Morgan fingerprint density at radius 1 is 1.05 bits per heavy atom. The molecule has 0 aliphatic rings. The summed E-state index contributed by atoms with van der Waals surface area (Å²) in [6.07, 6.45) is 2.26. The molecule has 0 fully saturated rings. The zero-order chi connectivity index (χ0) is 14.6. The van der Waals surface area contributed by atoms with Gasteiger partial charge >= 0.3 is 0 Å². The molecule has 0 aromatic heterocycles. The van der Waals surface area contributed by atoms with Crippen LogP contribution in [-0.4, -0.2) is 14.6 Å². The summed E-state index contributed by atoms with van der Waals surface area (Å²) >= 11 is 0. The molecule has 0 aliphatic heterocycles. The Hall–Kier alpha value is -1.94. The molecular formula is C16H17NO2S. The molecule has 104 valence electrons. The largest absolute Gasteiger partial charge is 0.282 e. The molecule has 0 saturated carbocycles. The van der Waals surface area contributed by atoms with E-state index in [9.17, 15) is 8.42 Å². The zero-order valence-electron chi connectivity index (χ0n) is 11.6. The number of hydrogen-bond donors (Lipinski definition) is 0. The van der Waals surface area contributed by atoms with Crippen molar-refractivity contribution in [3.8, 4) is 0 Å². The fourth-order valence-electron chi connectivity index (χ4n) is 1.88. The van der Waals surface area contributed by atoms with Crippen molar-refractivity contribution in [2.24, 2.45) is 4.40 Å². The molecule has 2 aromatic rings. The van der Waals surface area contributed by atoms with E-state index in [1.165, 1.54) is 6.21 Å². The summed E-state index contributed by atoms with van der Waals surface area (Å²) in [5.74, 6) is 0. The minimum absolute atomic E-state index is 0.216. The van der Waals surface area contributed by atoms with Crippen molar-refractivity contribution >= 4 is 16.2 Å². The first-order chi connectivity index (χ1) is 9.53. The van der Waals surface area contributed by atoms with Crippen LogP contribution in [-0.2, 0) is 16.4 Å². The molecule has 4 heteroatoms. The summed E-state index contributed by atoms with van der Waals surface area (Å²) in [4.78, 5) is 0.216. The second-order valence-corrected chi connectivity index (χ2v) is 6.21. The molecule has 2 aromatic carbocycles. The maximum atomic E-state index is 12.1. The number of rotatable bonds is 4. The SMILES string of the molecule is CCc1ccccc1C=NS(=O)(=O)c1ccc(C)cc1. The van der Waals surface area contributed by atoms with Gasteiger partial charge in [-0.3, -0.25) is 0 Å². The molecule has 0 amide bonds. The van der Waals surface area contributed by atoms with Gasteiger partial charge < -0.3 is 0 Å². The van der Waals surface area contributed by atoms with Crippen molar-refractivity contribution < 1.29 is 8.42 Å². The van der Waals surface area contributed by atoms with E-state index in [4.69, 9.17) is 0 Å². The molecule has 0 saturated heterocycles. The molecular weight excluding hydrogens is 270 g/mol. The van der Waals surface area contributed by atoms with Gasteiger partial charge in [0, 0.05) is 6.21 Å². The molecule has 20 heavy (non-hydrogen) atoms. The van der Waals surface area contributed by atoms with E-state index in [2.05, 4.69) is 4.40 Å². The minimum Gasteiger partial charge on any atom is -0.199 e. The first kappa shape index (κ1) is 14.5. The maximum Gasteiger partial charge on any atom is 0.282 e. The van der Waals surface area contributed by atoms with Crippen LogP contribution in [0.25, 0.3) is 0 Å². The molecule has 3 nitrogen and oxygen atoms in total. The molecule has 0 bridgehead atoms. The Kier molecular flexibility index (Phi) is 4.35. The predicted molar refractivity (Wildman–Crippen MR) is 81.8 cm³/mol. The fourth-order valence-corrected chi connectivity index (χ4v) is 2.73. The summed E-state index contributed by atoms with van der Waals surface area (Å²) in [6, 6.07) is 14.3. The van der Waals surface area contributed by atoms with Crippen molar-refractivity contribution in [3.05, 3.63) is 65.2 Å². The van der Waals surface area contributed by atoms with Crippen LogP contribution in [0.1, 0.15) is 23.6 Å². The monoisotopic (exact) mass is 287 g/mol. The van der Waals surface area contributed by atoms with Crippen molar-refractivity contribution in [2.45, 2.75) is 25.2 Å². The second kappa shape index (κ2) is 6.01. The Morgan fingerprint density at radius 3 is 2.35 bits per heavy atom. The highest BCUT2D eigenvalue weighted by Crippen LogP contribution is 2.14. The first-order valence-electron chi connectivity index (χ1n) is 6.48. The summed E-state index contributed by atoms with van der Waals surface area (Å²) in [5, 5.41) is 0. The highest BCUT2D eigenvalue weighted by molar-refractivity contribution is 7.90. The van der Waals surface area contributed by atoms with Gasteiger partial charge in [0.15, 0.2) is 0 Å². The van der Waals surface area contributed by atoms with Crippen LogP contribution >= 0.6 is 0 Å². The Balaban J connectivity index is 2.32. The van der Waals surface area contributed by atoms with Gasteiger partial charge in [0.25, 0.3) is 10.0 Å². The molecule has 0 atom stereocenters. The number of sulfonamides is 1. The van der Waals surface area contributed by atoms with Crippen molar-refractivity contribution in [2.75, 3.05) is 0 Å². The van der Waals surface area contributed by atoms with Crippen molar-refractivity contribution in [1.29, 1.82) is 0 Å². The highest BCUT2D eigenvalue weighted by Gasteiger charge is 2.11. The van der Waals surface area contributed by atoms with E-state index in [1.54, 1.807) is 24.3 Å². The molecule has 0 radical (unpaired) electrons. The van der Waals surface area contributed by atoms with Gasteiger partial charge in [-0.15, -0.1) is 0 Å². The van der Waals surface area contributed by atoms with Crippen molar-refractivity contribution in [1.82, 2.24) is 0 Å². The third-order valence-corrected chi connectivity index (χ3v) is 4.34. The average molecular weight is 287 g/mol. The van der Waals surface area contributed by atoms with Gasteiger partial charge in [-0.1, -0.05) is 48.9 Å². The molecule has 0 spiro atoms. The van der Waals surface area contributed by atoms with Gasteiger partial charge in [0.1, 0.15) is 0 Å². The predicted octanol–water partition coefficient (Wildman–Crippen LogP) is 3.37. The highest BCUT2D eigenvalue weighted by atomic mass is 32.2. The Morgan fingerprint density at radius 2 is 1.70 bits per heavy atom. The third kappa shape index (κ3) is 3.33. The summed E-state index contributed by atoms with van der Waals surface area (Å²) in [7, 11) is -3.63. The Bertz CT molecular complexity index is 716. The van der Waals surface area contributed by atoms with Gasteiger partial charge in [0.05, 0.1) is 4.90 Å². The zero-order valence-corrected chi connectivity index (χ0v) is 12.4. The van der Waals surface area contributed by atoms with Gasteiger partial charge in [-0.2, -0.15) is 12.8 Å². The van der Waals surface area contributed by atoms with E-state index in [-0.39, 0.29) is 4.90 Å². The van der Waals surface area contributed by atoms with Crippen LogP contribution in [0.15, 0.2) is 57.8 Å². The van der Waals surface area contributed by atoms with E-state index in [0.29, 0.717) is 0 Å². The first-order valence-corrected chi connectivity index (χ1v) is 7.92. The van der Waals surface area contributed by atoms with Gasteiger partial charge in [-0.25, -0.2) is 0 Å². The Labute approximate surface area is 120 Å². The van der Waals surface area contributed by atoms with Crippen LogP contribution in [0.5, 0.6) is 0 Å². The minimum atomic E-state index is -3.63. The van der Waals surface area contributed by atoms with Crippen LogP contribution in [0.3, 0.4) is 0 Å². The number of hydrogen-bond acceptors (Lipinski definition) is 2. The summed E-state index contributed by atoms with van der Waals surface area (Å²) < 4.78 is 28.0. The van der Waals surface area contributed by atoms with Gasteiger partial charge in [0.2, 0.25) is 0 Å². The third-order valence-electron chi connectivity index (χ3n) is 3.09. The number of nitrogens with zero attached hydrogens (tertiary/aromatic N) is 1. The standard InChI is InChI=1S/C16H17NO2S/c1-3-14-6-4-5-7-15(14)12-17-20(18,19)16-10-8-13(2)9-11-16/h4-12H,3H2,1-2H3. The molecule has 0 unspecified atom stereocenters. The van der Waals surface area contributed by atoms with Crippen LogP contribution in [0.4, 0.5) is 0 Å². The lowest BCUT2D eigenvalue weighted by Gasteiger charge is -2.02. The van der Waals surface area contributed by atoms with Crippen molar-refractivity contribution in [3.63, 3.8) is 0 Å². The van der Waals surface area contributed by atoms with Crippen LogP contribution in [0, 0.1) is 6.92 Å². The fraction of sp³-hybridized carbons (Fsp3) is 0.188. The van der Waals surface area contributed by atoms with E-state index < -0.39 is 10.0 Å². The van der Waals surface area contributed by atoms with E-state index in [0.717, 1.165) is 23.1 Å². The quantitative estimate of drug-likeness (QED) is 0.809. The van der Waals surface area contributed by atoms with E-state index in [1.807, 2.05) is 38.1 Å². The average Bonchev–Trinajstić information content (AvgIpc) is 2.46. The summed E-state index contributed by atoms with van der Waals surface area (Å²) in [6.45, 7) is 3.94. The second-order valence-electron chi connectivity index (χ2n) is 4.57. The molecule has 0 N–H and O–H groups in total. The molecule has 2 rings (SSSR count). The molecule has 0 heterocycles. The lowest BCUT2D eigenvalue weighted by molar-refractivity contribution is 0.598. The summed E-state index contributed by atoms with van der Waals surface area (Å²) in [5.41, 5.74) is 2.94. The normalized spacial score (nSPS) is 11.9. The number of benzene rings is 2. The molecule has 0 aliphatic carbocycles. The van der Waals surface area contributed by atoms with Gasteiger partial charge in [-0.05, 0) is 36.6 Å². The van der Waals surface area contributed by atoms with Crippen LogP contribution < -0.4 is 0 Å². The van der Waals surface area contributed by atoms with Crippen LogP contribution in [0.2, 0.25) is 0 Å².